The summed E-state index contributed by atoms with van der Waals surface area (Å²) in [6.07, 6.45) is 0. The van der Waals surface area contributed by atoms with Crippen molar-refractivity contribution in [2.75, 3.05) is 13.1 Å². The third-order valence-electron chi connectivity index (χ3n) is 4.95. The second-order valence-electron chi connectivity index (χ2n) is 6.55. The van der Waals surface area contributed by atoms with Crippen molar-refractivity contribution in [3.8, 4) is 0 Å². The molecule has 0 saturated carbocycles. The Hall–Kier alpha value is -2.98. The number of nitrogens with zero attached hydrogens (tertiary/aromatic N) is 1. The first-order valence-corrected chi connectivity index (χ1v) is 8.83. The molecule has 0 fully saturated rings. The first kappa shape index (κ1) is 16.5. The number of carbonyl (C=O) groups excluding carboxylic acids is 2. The van der Waals surface area contributed by atoms with Crippen LogP contribution in [0.1, 0.15) is 39.2 Å². The lowest BCUT2D eigenvalue weighted by atomic mass is 10.00. The normalized spacial score (nSPS) is 14.7. The van der Waals surface area contributed by atoms with E-state index in [1.165, 1.54) is 21.2 Å². The highest BCUT2D eigenvalue weighted by Crippen LogP contribution is 2.24. The fraction of sp³-hybridized carbons (Fsp3) is 0.182. The molecular formula is C22H20N2O2. The van der Waals surface area contributed by atoms with Crippen LogP contribution in [-0.2, 0) is 0 Å². The van der Waals surface area contributed by atoms with Gasteiger partial charge in [0.2, 0.25) is 0 Å². The smallest absolute Gasteiger partial charge is 0.261 e. The van der Waals surface area contributed by atoms with Crippen molar-refractivity contribution in [3.05, 3.63) is 83.4 Å². The molecule has 0 radical (unpaired) electrons. The van der Waals surface area contributed by atoms with Crippen LogP contribution in [0.5, 0.6) is 0 Å². The molecule has 0 spiro atoms. The maximum Gasteiger partial charge on any atom is 0.261 e. The lowest BCUT2D eigenvalue weighted by Crippen LogP contribution is -2.37. The number of rotatable bonds is 5. The SMILES string of the molecule is C[C@H](NCCN1C(=O)c2ccccc2C1=O)c1cccc2ccccc12. The maximum atomic E-state index is 12.4. The molecule has 0 aliphatic carbocycles. The molecule has 4 nitrogen and oxygen atoms in total. The number of benzene rings is 3. The molecule has 130 valence electrons. The Balaban J connectivity index is 1.44. The van der Waals surface area contributed by atoms with E-state index in [1.807, 2.05) is 12.1 Å². The summed E-state index contributed by atoms with van der Waals surface area (Å²) < 4.78 is 0. The molecule has 2 amide bonds. The molecule has 0 unspecified atom stereocenters. The van der Waals surface area contributed by atoms with Crippen LogP contribution in [0, 0.1) is 0 Å². The standard InChI is InChI=1S/C22H20N2O2/c1-15(17-12-6-8-16-7-2-3-9-18(16)17)23-13-14-24-21(25)19-10-4-5-11-20(19)22(24)26/h2-12,15,23H,13-14H2,1H3/t15-/m0/s1. The Morgan fingerprint density at radius 1 is 0.846 bits per heavy atom. The summed E-state index contributed by atoms with van der Waals surface area (Å²) >= 11 is 0. The number of hydrogen-bond acceptors (Lipinski definition) is 3. The zero-order valence-electron chi connectivity index (χ0n) is 14.6. The quantitative estimate of drug-likeness (QED) is 0.717. The van der Waals surface area contributed by atoms with Gasteiger partial charge in [-0.2, -0.15) is 0 Å². The van der Waals surface area contributed by atoms with Crippen LogP contribution in [0.25, 0.3) is 10.8 Å². The zero-order valence-corrected chi connectivity index (χ0v) is 14.6. The summed E-state index contributed by atoms with van der Waals surface area (Å²) in [7, 11) is 0. The minimum atomic E-state index is -0.204. The molecule has 0 aromatic heterocycles. The summed E-state index contributed by atoms with van der Waals surface area (Å²) in [4.78, 5) is 26.1. The van der Waals surface area contributed by atoms with Crippen LogP contribution in [-0.4, -0.2) is 29.8 Å². The van der Waals surface area contributed by atoms with E-state index in [0.717, 1.165) is 0 Å². The molecular weight excluding hydrogens is 324 g/mol. The molecule has 3 aromatic rings. The van der Waals surface area contributed by atoms with Crippen molar-refractivity contribution >= 4 is 22.6 Å². The van der Waals surface area contributed by atoms with Crippen LogP contribution in [0.15, 0.2) is 66.7 Å². The van der Waals surface area contributed by atoms with Crippen LogP contribution < -0.4 is 5.32 Å². The number of nitrogens with one attached hydrogen (secondary N) is 1. The number of amides is 2. The van der Waals surface area contributed by atoms with Gasteiger partial charge < -0.3 is 5.32 Å². The van der Waals surface area contributed by atoms with Crippen molar-refractivity contribution in [1.29, 1.82) is 0 Å². The van der Waals surface area contributed by atoms with Gasteiger partial charge >= 0.3 is 0 Å². The average Bonchev–Trinajstić information content (AvgIpc) is 2.92. The third kappa shape index (κ3) is 2.78. The van der Waals surface area contributed by atoms with Gasteiger partial charge in [0.15, 0.2) is 0 Å². The van der Waals surface area contributed by atoms with Gasteiger partial charge in [0.25, 0.3) is 11.8 Å². The molecule has 26 heavy (non-hydrogen) atoms. The summed E-state index contributed by atoms with van der Waals surface area (Å²) in [5.41, 5.74) is 2.21. The molecule has 1 N–H and O–H groups in total. The van der Waals surface area contributed by atoms with E-state index in [0.29, 0.717) is 24.2 Å². The molecule has 0 saturated heterocycles. The minimum absolute atomic E-state index is 0.122. The predicted molar refractivity (Wildman–Crippen MR) is 102 cm³/mol. The lowest BCUT2D eigenvalue weighted by Gasteiger charge is -2.19. The van der Waals surface area contributed by atoms with Gasteiger partial charge in [-0.3, -0.25) is 14.5 Å². The second kappa shape index (κ2) is 6.73. The van der Waals surface area contributed by atoms with Crippen molar-refractivity contribution in [1.82, 2.24) is 10.2 Å². The summed E-state index contributed by atoms with van der Waals surface area (Å²) in [5, 5.41) is 5.87. The summed E-state index contributed by atoms with van der Waals surface area (Å²) in [6, 6.07) is 21.7. The van der Waals surface area contributed by atoms with Crippen molar-refractivity contribution in [2.24, 2.45) is 0 Å². The molecule has 1 atom stereocenters. The first-order chi connectivity index (χ1) is 12.7. The van der Waals surface area contributed by atoms with Crippen molar-refractivity contribution < 1.29 is 9.59 Å². The van der Waals surface area contributed by atoms with E-state index >= 15 is 0 Å². The highest BCUT2D eigenvalue weighted by molar-refractivity contribution is 6.21. The third-order valence-corrected chi connectivity index (χ3v) is 4.95. The van der Waals surface area contributed by atoms with Crippen molar-refractivity contribution in [3.63, 3.8) is 0 Å². The van der Waals surface area contributed by atoms with Gasteiger partial charge in [-0.15, -0.1) is 0 Å². The molecule has 1 heterocycles. The van der Waals surface area contributed by atoms with Crippen LogP contribution in [0.4, 0.5) is 0 Å². The zero-order chi connectivity index (χ0) is 18.1. The number of hydrogen-bond donors (Lipinski definition) is 1. The van der Waals surface area contributed by atoms with Crippen LogP contribution in [0.3, 0.4) is 0 Å². The van der Waals surface area contributed by atoms with Crippen LogP contribution in [0.2, 0.25) is 0 Å². The van der Waals surface area contributed by atoms with E-state index in [4.69, 9.17) is 0 Å². The number of fused-ring (bicyclic) bond motifs is 2. The molecule has 4 rings (SSSR count). The van der Waals surface area contributed by atoms with E-state index in [9.17, 15) is 9.59 Å². The van der Waals surface area contributed by atoms with Gasteiger partial charge in [0, 0.05) is 19.1 Å². The van der Waals surface area contributed by atoms with E-state index in [-0.39, 0.29) is 17.9 Å². The van der Waals surface area contributed by atoms with E-state index in [1.54, 1.807) is 24.3 Å². The largest absolute Gasteiger partial charge is 0.308 e. The van der Waals surface area contributed by atoms with Gasteiger partial charge in [-0.05, 0) is 35.4 Å². The van der Waals surface area contributed by atoms with E-state index < -0.39 is 0 Å². The molecule has 3 aromatic carbocycles. The number of imide groups is 1. The lowest BCUT2D eigenvalue weighted by molar-refractivity contribution is 0.0654. The monoisotopic (exact) mass is 344 g/mol. The fourth-order valence-corrected chi connectivity index (χ4v) is 3.57. The van der Waals surface area contributed by atoms with Gasteiger partial charge in [0.05, 0.1) is 11.1 Å². The Morgan fingerprint density at radius 2 is 1.46 bits per heavy atom. The molecule has 1 aliphatic heterocycles. The Kier molecular flexibility index (Phi) is 4.27. The van der Waals surface area contributed by atoms with E-state index in [2.05, 4.69) is 42.6 Å². The number of carbonyl (C=O) groups is 2. The van der Waals surface area contributed by atoms with Gasteiger partial charge in [0.1, 0.15) is 0 Å². The van der Waals surface area contributed by atoms with Gasteiger partial charge in [-0.25, -0.2) is 0 Å². The first-order valence-electron chi connectivity index (χ1n) is 8.83. The topological polar surface area (TPSA) is 49.4 Å². The highest BCUT2D eigenvalue weighted by Gasteiger charge is 2.34. The predicted octanol–water partition coefficient (Wildman–Crippen LogP) is 3.79. The highest BCUT2D eigenvalue weighted by atomic mass is 16.2. The van der Waals surface area contributed by atoms with Crippen LogP contribution >= 0.6 is 0 Å². The minimum Gasteiger partial charge on any atom is -0.308 e. The molecule has 4 heteroatoms. The fourth-order valence-electron chi connectivity index (χ4n) is 3.57. The molecule has 1 aliphatic rings. The molecule has 0 bridgehead atoms. The Morgan fingerprint density at radius 3 is 2.19 bits per heavy atom. The Labute approximate surface area is 152 Å². The van der Waals surface area contributed by atoms with Crippen molar-refractivity contribution in [2.45, 2.75) is 13.0 Å². The van der Waals surface area contributed by atoms with Gasteiger partial charge in [-0.1, -0.05) is 54.6 Å². The summed E-state index contributed by atoms with van der Waals surface area (Å²) in [6.45, 7) is 3.02. The average molecular weight is 344 g/mol. The maximum absolute atomic E-state index is 12.4. The Bertz CT molecular complexity index is 956. The summed E-state index contributed by atoms with van der Waals surface area (Å²) in [5.74, 6) is -0.407. The second-order valence-corrected chi connectivity index (χ2v) is 6.55.